The van der Waals surface area contributed by atoms with Gasteiger partial charge in [0.25, 0.3) is 10.0 Å². The van der Waals surface area contributed by atoms with Crippen LogP contribution in [-0.2, 0) is 14.8 Å². The maximum atomic E-state index is 11.4. The molecule has 0 fully saturated rings. The number of hydrogen-bond acceptors (Lipinski definition) is 4. The van der Waals surface area contributed by atoms with Crippen LogP contribution < -0.4 is 4.74 Å². The van der Waals surface area contributed by atoms with Crippen molar-refractivity contribution in [2.75, 3.05) is 6.26 Å². The Kier molecular flexibility index (Phi) is 4.80. The second-order valence-electron chi connectivity index (χ2n) is 4.81. The van der Waals surface area contributed by atoms with E-state index in [1.807, 2.05) is 25.1 Å². The highest BCUT2D eigenvalue weighted by Gasteiger charge is 2.15. The Labute approximate surface area is 124 Å². The molecule has 0 radical (unpaired) electrons. The number of sulfonamides is 1. The fourth-order valence-electron chi connectivity index (χ4n) is 1.78. The van der Waals surface area contributed by atoms with E-state index in [1.54, 1.807) is 30.3 Å². The molecule has 0 heterocycles. The molecule has 1 aromatic carbocycles. The number of rotatable bonds is 3. The molecule has 1 aliphatic carbocycles. The van der Waals surface area contributed by atoms with Gasteiger partial charge in [0.2, 0.25) is 0 Å². The lowest BCUT2D eigenvalue weighted by Gasteiger charge is -2.16. The summed E-state index contributed by atoms with van der Waals surface area (Å²) in [7, 11) is -3.62. The standard InChI is InChI=1S/C15H17NO4S/c1-12-7-6-10-14(11-12)20-15(16-21(2,17)18)19-13-8-4-3-5-9-13/h3-10,12H,11H2,1-2H3/b16-15+. The zero-order valence-electron chi connectivity index (χ0n) is 11.9. The summed E-state index contributed by atoms with van der Waals surface area (Å²) in [5.41, 5.74) is 0. The molecule has 0 spiro atoms. The smallest absolute Gasteiger partial charge is 0.410 e. The summed E-state index contributed by atoms with van der Waals surface area (Å²) in [6.07, 6.45) is 7.03. The summed E-state index contributed by atoms with van der Waals surface area (Å²) < 4.78 is 37.1. The first-order valence-corrected chi connectivity index (χ1v) is 8.35. The summed E-state index contributed by atoms with van der Waals surface area (Å²) in [5, 5.41) is 0. The molecule has 21 heavy (non-hydrogen) atoms. The molecule has 0 saturated carbocycles. The van der Waals surface area contributed by atoms with Gasteiger partial charge in [-0.25, -0.2) is 8.42 Å². The van der Waals surface area contributed by atoms with Gasteiger partial charge >= 0.3 is 6.08 Å². The monoisotopic (exact) mass is 307 g/mol. The van der Waals surface area contributed by atoms with E-state index < -0.39 is 10.0 Å². The van der Waals surface area contributed by atoms with Crippen LogP contribution in [0.2, 0.25) is 0 Å². The zero-order valence-corrected chi connectivity index (χ0v) is 12.7. The number of para-hydroxylation sites is 1. The van der Waals surface area contributed by atoms with Gasteiger partial charge in [-0.15, -0.1) is 0 Å². The van der Waals surface area contributed by atoms with Crippen molar-refractivity contribution in [1.82, 2.24) is 0 Å². The number of nitrogens with zero attached hydrogens (tertiary/aromatic N) is 1. The third-order valence-electron chi connectivity index (χ3n) is 2.65. The first-order chi connectivity index (χ1) is 9.92. The highest BCUT2D eigenvalue weighted by molar-refractivity contribution is 7.89. The van der Waals surface area contributed by atoms with Gasteiger partial charge in [0.1, 0.15) is 11.5 Å². The van der Waals surface area contributed by atoms with Crippen molar-refractivity contribution in [3.63, 3.8) is 0 Å². The molecule has 0 aromatic heterocycles. The van der Waals surface area contributed by atoms with E-state index in [9.17, 15) is 8.42 Å². The molecule has 1 aromatic rings. The van der Waals surface area contributed by atoms with Crippen LogP contribution in [0.25, 0.3) is 0 Å². The SMILES string of the molecule is CC1C=CC=C(O/C(=N/S(C)(=O)=O)Oc2ccccc2)C1. The van der Waals surface area contributed by atoms with E-state index in [2.05, 4.69) is 4.40 Å². The quantitative estimate of drug-likeness (QED) is 0.636. The molecule has 0 aliphatic heterocycles. The second-order valence-corrected chi connectivity index (χ2v) is 6.46. The summed E-state index contributed by atoms with van der Waals surface area (Å²) in [5.74, 6) is 1.39. The van der Waals surface area contributed by atoms with E-state index in [0.717, 1.165) is 6.26 Å². The van der Waals surface area contributed by atoms with E-state index in [-0.39, 0.29) is 6.08 Å². The highest BCUT2D eigenvalue weighted by atomic mass is 32.2. The normalized spacial score (nSPS) is 19.0. The maximum Gasteiger partial charge on any atom is 0.410 e. The molecule has 1 atom stereocenters. The van der Waals surface area contributed by atoms with Crippen molar-refractivity contribution in [2.24, 2.45) is 10.3 Å². The van der Waals surface area contributed by atoms with Crippen LogP contribution >= 0.6 is 0 Å². The number of ether oxygens (including phenoxy) is 2. The Morgan fingerprint density at radius 1 is 1.24 bits per heavy atom. The fourth-order valence-corrected chi connectivity index (χ4v) is 2.12. The molecule has 1 aliphatic rings. The minimum atomic E-state index is -3.62. The Bertz CT molecular complexity index is 675. The van der Waals surface area contributed by atoms with Gasteiger partial charge < -0.3 is 9.47 Å². The minimum Gasteiger partial charge on any atom is -0.415 e. The third kappa shape index (κ3) is 5.43. The Balaban J connectivity index is 2.19. The lowest BCUT2D eigenvalue weighted by atomic mass is 10.0. The van der Waals surface area contributed by atoms with Crippen LogP contribution in [-0.4, -0.2) is 20.8 Å². The van der Waals surface area contributed by atoms with E-state index in [4.69, 9.17) is 9.47 Å². The van der Waals surface area contributed by atoms with Gasteiger partial charge in [0.05, 0.1) is 6.26 Å². The molecule has 0 saturated heterocycles. The van der Waals surface area contributed by atoms with E-state index >= 15 is 0 Å². The van der Waals surface area contributed by atoms with E-state index in [1.165, 1.54) is 0 Å². The maximum absolute atomic E-state index is 11.4. The molecule has 2 rings (SSSR count). The minimum absolute atomic E-state index is 0.294. The Hall–Kier alpha value is -2.08. The average Bonchev–Trinajstić information content (AvgIpc) is 2.37. The summed E-state index contributed by atoms with van der Waals surface area (Å²) in [4.78, 5) is 0. The van der Waals surface area contributed by atoms with Gasteiger partial charge in [-0.1, -0.05) is 41.7 Å². The van der Waals surface area contributed by atoms with Gasteiger partial charge in [-0.3, -0.25) is 0 Å². The molecular formula is C15H17NO4S. The van der Waals surface area contributed by atoms with Gasteiger partial charge in [0.15, 0.2) is 0 Å². The molecule has 0 N–H and O–H groups in total. The van der Waals surface area contributed by atoms with Crippen molar-refractivity contribution >= 4 is 16.1 Å². The molecule has 1 unspecified atom stereocenters. The van der Waals surface area contributed by atoms with Crippen molar-refractivity contribution in [3.8, 4) is 5.75 Å². The molecular weight excluding hydrogens is 290 g/mol. The van der Waals surface area contributed by atoms with Gasteiger partial charge in [-0.2, -0.15) is 0 Å². The predicted octanol–water partition coefficient (Wildman–Crippen LogP) is 2.88. The Morgan fingerprint density at radius 2 is 1.95 bits per heavy atom. The molecule has 112 valence electrons. The first kappa shape index (κ1) is 15.3. The topological polar surface area (TPSA) is 65.0 Å². The summed E-state index contributed by atoms with van der Waals surface area (Å²) >= 11 is 0. The first-order valence-electron chi connectivity index (χ1n) is 6.50. The number of allylic oxidation sites excluding steroid dienone is 4. The third-order valence-corrected chi connectivity index (χ3v) is 3.13. The summed E-state index contributed by atoms with van der Waals surface area (Å²) in [6, 6.07) is 8.77. The van der Waals surface area contributed by atoms with E-state index in [0.29, 0.717) is 23.8 Å². The lowest BCUT2D eigenvalue weighted by Crippen LogP contribution is -2.16. The highest BCUT2D eigenvalue weighted by Crippen LogP contribution is 2.20. The van der Waals surface area contributed by atoms with Crippen LogP contribution in [0, 0.1) is 5.92 Å². The second kappa shape index (κ2) is 6.58. The zero-order chi connectivity index (χ0) is 15.3. The van der Waals surface area contributed by atoms with Crippen LogP contribution in [0.15, 0.2) is 58.7 Å². The average molecular weight is 307 g/mol. The van der Waals surface area contributed by atoms with Crippen LogP contribution in [0.5, 0.6) is 5.75 Å². The van der Waals surface area contributed by atoms with Crippen molar-refractivity contribution < 1.29 is 17.9 Å². The molecule has 0 bridgehead atoms. The largest absolute Gasteiger partial charge is 0.415 e. The fraction of sp³-hybridized carbons (Fsp3) is 0.267. The van der Waals surface area contributed by atoms with Crippen molar-refractivity contribution in [2.45, 2.75) is 13.3 Å². The molecule has 6 heteroatoms. The molecule has 5 nitrogen and oxygen atoms in total. The number of benzene rings is 1. The Morgan fingerprint density at radius 3 is 2.57 bits per heavy atom. The van der Waals surface area contributed by atoms with Gasteiger partial charge in [-0.05, 0) is 24.1 Å². The van der Waals surface area contributed by atoms with Gasteiger partial charge in [0, 0.05) is 6.42 Å². The van der Waals surface area contributed by atoms with Crippen molar-refractivity contribution in [1.29, 1.82) is 0 Å². The van der Waals surface area contributed by atoms with Crippen molar-refractivity contribution in [3.05, 3.63) is 54.3 Å². The van der Waals surface area contributed by atoms with Crippen LogP contribution in [0.4, 0.5) is 0 Å². The van der Waals surface area contributed by atoms with Crippen LogP contribution in [0.3, 0.4) is 0 Å². The number of hydrogen-bond donors (Lipinski definition) is 0. The lowest BCUT2D eigenvalue weighted by molar-refractivity contribution is 0.291. The molecule has 0 amide bonds. The summed E-state index contributed by atoms with van der Waals surface area (Å²) in [6.45, 7) is 2.04. The predicted molar refractivity (Wildman–Crippen MR) is 81.4 cm³/mol. The van der Waals surface area contributed by atoms with Crippen LogP contribution in [0.1, 0.15) is 13.3 Å².